The zero-order valence-electron chi connectivity index (χ0n) is 7.13. The van der Waals surface area contributed by atoms with E-state index in [0.717, 1.165) is 0 Å². The molecule has 1 aliphatic rings. The maximum absolute atomic E-state index is 11.5. The zero-order valence-corrected chi connectivity index (χ0v) is 8.02. The van der Waals surface area contributed by atoms with Crippen LogP contribution in [0.25, 0.3) is 0 Å². The quantitative estimate of drug-likeness (QED) is 0.412. The second-order valence-electron chi connectivity index (χ2n) is 3.44. The van der Waals surface area contributed by atoms with Gasteiger partial charge in [-0.05, 0) is 6.92 Å². The number of rotatable bonds is 0. The van der Waals surface area contributed by atoms with Gasteiger partial charge in [-0.15, -0.1) is 6.42 Å². The molecule has 0 N–H and O–H groups in total. The molecule has 0 saturated carbocycles. The first-order valence-electron chi connectivity index (χ1n) is 3.65. The third-order valence-corrected chi connectivity index (χ3v) is 4.19. The Morgan fingerprint density at radius 1 is 1.82 bits per heavy atom. The van der Waals surface area contributed by atoms with Crippen molar-refractivity contribution in [3.63, 3.8) is 0 Å². The van der Waals surface area contributed by atoms with E-state index in [1.54, 1.807) is 6.66 Å². The summed E-state index contributed by atoms with van der Waals surface area (Å²) in [5, 5.41) is 0. The van der Waals surface area contributed by atoms with Crippen LogP contribution in [0.3, 0.4) is 0 Å². The van der Waals surface area contributed by atoms with Crippen molar-refractivity contribution in [2.75, 3.05) is 12.8 Å². The average molecular weight is 172 g/mol. The van der Waals surface area contributed by atoms with E-state index in [9.17, 15) is 4.57 Å². The van der Waals surface area contributed by atoms with Crippen LogP contribution in [0.5, 0.6) is 0 Å². The summed E-state index contributed by atoms with van der Waals surface area (Å²) in [6, 6.07) is 0. The smallest absolute Gasteiger partial charge is 0.202 e. The van der Waals surface area contributed by atoms with Crippen molar-refractivity contribution in [1.29, 1.82) is 0 Å². The molecule has 1 heterocycles. The molecular formula is C8H13O2P. The minimum atomic E-state index is -2.38. The van der Waals surface area contributed by atoms with Gasteiger partial charge in [0.25, 0.3) is 0 Å². The van der Waals surface area contributed by atoms with Gasteiger partial charge in [-0.3, -0.25) is 4.57 Å². The summed E-state index contributed by atoms with van der Waals surface area (Å²) < 4.78 is 16.8. The summed E-state index contributed by atoms with van der Waals surface area (Å²) in [7, 11) is -2.38. The molecule has 1 fully saturated rings. The van der Waals surface area contributed by atoms with Gasteiger partial charge >= 0.3 is 0 Å². The van der Waals surface area contributed by atoms with Crippen LogP contribution in [0.4, 0.5) is 0 Å². The molecule has 11 heavy (non-hydrogen) atoms. The maximum Gasteiger partial charge on any atom is 0.202 e. The molecule has 0 aromatic rings. The van der Waals surface area contributed by atoms with Crippen molar-refractivity contribution in [3.05, 3.63) is 0 Å². The Morgan fingerprint density at radius 2 is 2.36 bits per heavy atom. The highest BCUT2D eigenvalue weighted by molar-refractivity contribution is 7.58. The molecule has 0 radical (unpaired) electrons. The van der Waals surface area contributed by atoms with Crippen molar-refractivity contribution in [2.45, 2.75) is 19.4 Å². The highest BCUT2D eigenvalue weighted by Gasteiger charge is 2.45. The Bertz CT molecular complexity index is 253. The molecule has 3 unspecified atom stereocenters. The minimum Gasteiger partial charge on any atom is -0.309 e. The Balaban J connectivity index is 2.93. The Kier molecular flexibility index (Phi) is 1.90. The van der Waals surface area contributed by atoms with Crippen LogP contribution in [-0.4, -0.2) is 18.4 Å². The highest BCUT2D eigenvalue weighted by atomic mass is 31.2. The van der Waals surface area contributed by atoms with Crippen LogP contribution in [0.15, 0.2) is 0 Å². The Morgan fingerprint density at radius 3 is 2.55 bits per heavy atom. The SMILES string of the molecule is C#CC1(C)OP(C)(=O)CC1C. The van der Waals surface area contributed by atoms with Crippen LogP contribution < -0.4 is 0 Å². The van der Waals surface area contributed by atoms with Gasteiger partial charge in [-0.1, -0.05) is 12.8 Å². The predicted molar refractivity (Wildman–Crippen MR) is 45.9 cm³/mol. The van der Waals surface area contributed by atoms with E-state index in [1.807, 2.05) is 13.8 Å². The minimum absolute atomic E-state index is 0.198. The van der Waals surface area contributed by atoms with Crippen molar-refractivity contribution in [2.24, 2.45) is 5.92 Å². The highest BCUT2D eigenvalue weighted by Crippen LogP contribution is 2.57. The van der Waals surface area contributed by atoms with Gasteiger partial charge in [0, 0.05) is 18.7 Å². The monoisotopic (exact) mass is 172 g/mol. The van der Waals surface area contributed by atoms with Gasteiger partial charge in [0.05, 0.1) is 0 Å². The van der Waals surface area contributed by atoms with E-state index < -0.39 is 13.0 Å². The second-order valence-corrected chi connectivity index (χ2v) is 6.02. The summed E-state index contributed by atoms with van der Waals surface area (Å²) in [6.45, 7) is 5.44. The topological polar surface area (TPSA) is 26.3 Å². The van der Waals surface area contributed by atoms with E-state index in [0.29, 0.717) is 6.16 Å². The molecular weight excluding hydrogens is 159 g/mol. The molecule has 0 aliphatic carbocycles. The zero-order chi connectivity index (χ0) is 8.70. The van der Waals surface area contributed by atoms with Crippen molar-refractivity contribution < 1.29 is 9.09 Å². The third-order valence-electron chi connectivity index (χ3n) is 2.22. The molecule has 3 atom stereocenters. The molecule has 0 spiro atoms. The van der Waals surface area contributed by atoms with Gasteiger partial charge < -0.3 is 4.52 Å². The first-order valence-corrected chi connectivity index (χ1v) is 5.90. The fourth-order valence-corrected chi connectivity index (χ4v) is 3.82. The molecule has 1 aliphatic heterocycles. The number of terminal acetylenes is 1. The summed E-state index contributed by atoms with van der Waals surface area (Å²) in [5.41, 5.74) is -0.607. The lowest BCUT2D eigenvalue weighted by atomic mass is 9.94. The van der Waals surface area contributed by atoms with Crippen LogP contribution in [0, 0.1) is 18.3 Å². The number of hydrogen-bond donors (Lipinski definition) is 0. The molecule has 62 valence electrons. The molecule has 0 amide bonds. The summed E-state index contributed by atoms with van der Waals surface area (Å²) in [5.74, 6) is 2.75. The molecule has 0 aromatic heterocycles. The first kappa shape index (κ1) is 8.84. The lowest BCUT2D eigenvalue weighted by molar-refractivity contribution is 0.142. The lowest BCUT2D eigenvalue weighted by Gasteiger charge is -2.20. The van der Waals surface area contributed by atoms with Crippen molar-refractivity contribution in [3.8, 4) is 12.3 Å². The van der Waals surface area contributed by atoms with E-state index in [-0.39, 0.29) is 5.92 Å². The Hall–Kier alpha value is -0.250. The van der Waals surface area contributed by atoms with E-state index in [1.165, 1.54) is 0 Å². The maximum atomic E-state index is 11.5. The van der Waals surface area contributed by atoms with Crippen LogP contribution in [0.1, 0.15) is 13.8 Å². The average Bonchev–Trinajstić information content (AvgIpc) is 2.03. The lowest BCUT2D eigenvalue weighted by Crippen LogP contribution is -2.27. The summed E-state index contributed by atoms with van der Waals surface area (Å²) in [4.78, 5) is 0. The fraction of sp³-hybridized carbons (Fsp3) is 0.750. The van der Waals surface area contributed by atoms with Crippen molar-refractivity contribution >= 4 is 7.37 Å². The van der Waals surface area contributed by atoms with Crippen LogP contribution >= 0.6 is 7.37 Å². The molecule has 1 rings (SSSR count). The van der Waals surface area contributed by atoms with Crippen LogP contribution in [-0.2, 0) is 9.09 Å². The molecule has 0 bridgehead atoms. The third kappa shape index (κ3) is 1.50. The largest absolute Gasteiger partial charge is 0.309 e. The second kappa shape index (κ2) is 2.37. The first-order chi connectivity index (χ1) is 4.90. The fourth-order valence-electron chi connectivity index (χ4n) is 1.37. The van der Waals surface area contributed by atoms with E-state index >= 15 is 0 Å². The van der Waals surface area contributed by atoms with E-state index in [2.05, 4.69) is 5.92 Å². The molecule has 3 heteroatoms. The normalized spacial score (nSPS) is 50.5. The summed E-state index contributed by atoms with van der Waals surface area (Å²) >= 11 is 0. The summed E-state index contributed by atoms with van der Waals surface area (Å²) in [6.07, 6.45) is 5.89. The van der Waals surface area contributed by atoms with Gasteiger partial charge in [0.1, 0.15) is 5.60 Å². The van der Waals surface area contributed by atoms with Crippen molar-refractivity contribution in [1.82, 2.24) is 0 Å². The Labute approximate surface area is 67.8 Å². The predicted octanol–water partition coefficient (Wildman–Crippen LogP) is 1.95. The van der Waals surface area contributed by atoms with Gasteiger partial charge in [0.15, 0.2) is 0 Å². The van der Waals surface area contributed by atoms with E-state index in [4.69, 9.17) is 10.9 Å². The van der Waals surface area contributed by atoms with Crippen LogP contribution in [0.2, 0.25) is 0 Å². The van der Waals surface area contributed by atoms with Gasteiger partial charge in [-0.2, -0.15) is 0 Å². The molecule has 2 nitrogen and oxygen atoms in total. The standard InChI is InChI=1S/C8H13O2P/c1-5-8(3)7(2)6-11(4,9)10-8/h1,7H,6H2,2-4H3. The number of hydrogen-bond acceptors (Lipinski definition) is 2. The molecule has 1 saturated heterocycles. The van der Waals surface area contributed by atoms with Gasteiger partial charge in [-0.25, -0.2) is 0 Å². The molecule has 0 aromatic carbocycles. The van der Waals surface area contributed by atoms with Gasteiger partial charge in [0.2, 0.25) is 7.37 Å².